The fourth-order valence-corrected chi connectivity index (χ4v) is 3.58. The zero-order valence-electron chi connectivity index (χ0n) is 12.7. The standard InChI is InChI=1S/C18H18N2O3/c1-2-4-14-13(3-1)19-9-11-10-23-17-12(16(11)20-14)5-6-15-18(17)22-8-7-21-15/h1-6,11,16,19-20H,7-10H2. The van der Waals surface area contributed by atoms with E-state index in [1.807, 2.05) is 6.07 Å². The van der Waals surface area contributed by atoms with E-state index in [1.54, 1.807) is 0 Å². The maximum atomic E-state index is 6.06. The van der Waals surface area contributed by atoms with E-state index < -0.39 is 0 Å². The fourth-order valence-electron chi connectivity index (χ4n) is 3.58. The molecule has 2 N–H and O–H groups in total. The smallest absolute Gasteiger partial charge is 0.204 e. The van der Waals surface area contributed by atoms with Gasteiger partial charge in [0.15, 0.2) is 11.5 Å². The first-order valence-corrected chi connectivity index (χ1v) is 8.05. The minimum absolute atomic E-state index is 0.200. The molecule has 23 heavy (non-hydrogen) atoms. The highest BCUT2D eigenvalue weighted by molar-refractivity contribution is 5.71. The Bertz CT molecular complexity index is 762. The van der Waals surface area contributed by atoms with Gasteiger partial charge in [-0.15, -0.1) is 0 Å². The molecular formula is C18H18N2O3. The molecule has 0 aliphatic carbocycles. The third kappa shape index (κ3) is 2.00. The number of ether oxygens (including phenoxy) is 3. The highest BCUT2D eigenvalue weighted by Gasteiger charge is 2.36. The van der Waals surface area contributed by atoms with Crippen molar-refractivity contribution in [3.63, 3.8) is 0 Å². The molecular weight excluding hydrogens is 292 g/mol. The van der Waals surface area contributed by atoms with E-state index in [1.165, 1.54) is 0 Å². The second-order valence-corrected chi connectivity index (χ2v) is 6.13. The van der Waals surface area contributed by atoms with E-state index in [9.17, 15) is 0 Å². The first-order valence-electron chi connectivity index (χ1n) is 8.05. The van der Waals surface area contributed by atoms with E-state index in [4.69, 9.17) is 14.2 Å². The second-order valence-electron chi connectivity index (χ2n) is 6.13. The third-order valence-electron chi connectivity index (χ3n) is 4.73. The minimum Gasteiger partial charge on any atom is -0.489 e. The zero-order chi connectivity index (χ0) is 15.2. The van der Waals surface area contributed by atoms with Crippen LogP contribution >= 0.6 is 0 Å². The van der Waals surface area contributed by atoms with Crippen LogP contribution in [0.2, 0.25) is 0 Å². The lowest BCUT2D eigenvalue weighted by Gasteiger charge is -2.35. The topological polar surface area (TPSA) is 51.8 Å². The molecule has 0 radical (unpaired) electrons. The van der Waals surface area contributed by atoms with Crippen LogP contribution in [0.5, 0.6) is 17.2 Å². The molecule has 5 nitrogen and oxygen atoms in total. The van der Waals surface area contributed by atoms with Crippen LogP contribution in [0.25, 0.3) is 0 Å². The van der Waals surface area contributed by atoms with E-state index >= 15 is 0 Å². The van der Waals surface area contributed by atoms with Crippen molar-refractivity contribution in [2.45, 2.75) is 6.04 Å². The van der Waals surface area contributed by atoms with Crippen molar-refractivity contribution in [2.75, 3.05) is 37.0 Å². The van der Waals surface area contributed by atoms with Gasteiger partial charge in [-0.25, -0.2) is 0 Å². The number of anilines is 2. The van der Waals surface area contributed by atoms with Crippen LogP contribution in [-0.2, 0) is 0 Å². The van der Waals surface area contributed by atoms with Gasteiger partial charge in [-0.1, -0.05) is 12.1 Å². The van der Waals surface area contributed by atoms with Crippen molar-refractivity contribution in [1.82, 2.24) is 0 Å². The molecule has 2 atom stereocenters. The molecule has 2 unspecified atom stereocenters. The molecule has 2 aromatic carbocycles. The van der Waals surface area contributed by atoms with E-state index in [2.05, 4.69) is 41.0 Å². The number of rotatable bonds is 0. The van der Waals surface area contributed by atoms with Crippen molar-refractivity contribution in [2.24, 2.45) is 5.92 Å². The molecule has 0 bridgehead atoms. The maximum Gasteiger partial charge on any atom is 0.204 e. The van der Waals surface area contributed by atoms with Crippen LogP contribution < -0.4 is 24.8 Å². The van der Waals surface area contributed by atoms with Crippen molar-refractivity contribution in [1.29, 1.82) is 0 Å². The molecule has 0 amide bonds. The molecule has 5 rings (SSSR count). The summed E-state index contributed by atoms with van der Waals surface area (Å²) < 4.78 is 17.5. The Hall–Kier alpha value is -2.56. The van der Waals surface area contributed by atoms with Crippen molar-refractivity contribution in [3.8, 4) is 17.2 Å². The number of hydrogen-bond acceptors (Lipinski definition) is 5. The summed E-state index contributed by atoms with van der Waals surface area (Å²) in [5.41, 5.74) is 3.41. The summed E-state index contributed by atoms with van der Waals surface area (Å²) in [4.78, 5) is 0. The van der Waals surface area contributed by atoms with Crippen LogP contribution in [-0.4, -0.2) is 26.4 Å². The van der Waals surface area contributed by atoms with E-state index in [0.717, 1.165) is 40.7 Å². The number of hydrogen-bond donors (Lipinski definition) is 2. The van der Waals surface area contributed by atoms with Crippen LogP contribution in [0.1, 0.15) is 11.6 Å². The van der Waals surface area contributed by atoms with E-state index in [-0.39, 0.29) is 6.04 Å². The normalized spacial score (nSPS) is 23.8. The minimum atomic E-state index is 0.200. The summed E-state index contributed by atoms with van der Waals surface area (Å²) in [5, 5.41) is 7.20. The second kappa shape index (κ2) is 4.98. The first kappa shape index (κ1) is 12.9. The Morgan fingerprint density at radius 2 is 1.74 bits per heavy atom. The SMILES string of the molecule is c1ccc2c(c1)NCC1COc3c(ccc4c3OCCO4)C1N2. The Morgan fingerprint density at radius 1 is 0.870 bits per heavy atom. The van der Waals surface area contributed by atoms with Crippen molar-refractivity contribution in [3.05, 3.63) is 42.0 Å². The summed E-state index contributed by atoms with van der Waals surface area (Å²) in [6.07, 6.45) is 0. The van der Waals surface area contributed by atoms with Gasteiger partial charge in [0.1, 0.15) is 13.2 Å². The summed E-state index contributed by atoms with van der Waals surface area (Å²) >= 11 is 0. The quantitative estimate of drug-likeness (QED) is 0.783. The van der Waals surface area contributed by atoms with Crippen molar-refractivity contribution >= 4 is 11.4 Å². The molecule has 0 aromatic heterocycles. The zero-order valence-corrected chi connectivity index (χ0v) is 12.7. The Kier molecular flexibility index (Phi) is 2.80. The lowest BCUT2D eigenvalue weighted by atomic mass is 9.90. The van der Waals surface area contributed by atoms with Crippen molar-refractivity contribution < 1.29 is 14.2 Å². The average molecular weight is 310 g/mol. The lowest BCUT2D eigenvalue weighted by Crippen LogP contribution is -2.34. The number of fused-ring (bicyclic) bond motifs is 6. The maximum absolute atomic E-state index is 6.06. The molecule has 3 heterocycles. The molecule has 0 saturated carbocycles. The largest absolute Gasteiger partial charge is 0.489 e. The van der Waals surface area contributed by atoms with Crippen LogP contribution in [0.15, 0.2) is 36.4 Å². The average Bonchev–Trinajstić information content (AvgIpc) is 2.80. The van der Waals surface area contributed by atoms with E-state index in [0.29, 0.717) is 25.7 Å². The number of benzene rings is 2. The van der Waals surface area contributed by atoms with Crippen LogP contribution in [0.4, 0.5) is 11.4 Å². The number of para-hydroxylation sites is 2. The molecule has 0 saturated heterocycles. The molecule has 3 aliphatic heterocycles. The van der Waals surface area contributed by atoms with Gasteiger partial charge in [0, 0.05) is 18.0 Å². The monoisotopic (exact) mass is 310 g/mol. The lowest BCUT2D eigenvalue weighted by molar-refractivity contribution is 0.148. The van der Waals surface area contributed by atoms with Gasteiger partial charge in [-0.2, -0.15) is 0 Å². The third-order valence-corrected chi connectivity index (χ3v) is 4.73. The molecule has 0 spiro atoms. The molecule has 0 fully saturated rings. The Labute approximate surface area is 134 Å². The molecule has 118 valence electrons. The van der Waals surface area contributed by atoms with Crippen LogP contribution in [0, 0.1) is 5.92 Å². The predicted molar refractivity (Wildman–Crippen MR) is 87.7 cm³/mol. The van der Waals surface area contributed by atoms with Gasteiger partial charge < -0.3 is 24.8 Å². The van der Waals surface area contributed by atoms with Gasteiger partial charge >= 0.3 is 0 Å². The summed E-state index contributed by atoms with van der Waals surface area (Å²) in [5.74, 6) is 2.72. The number of nitrogens with one attached hydrogen (secondary N) is 2. The fraction of sp³-hybridized carbons (Fsp3) is 0.333. The molecule has 2 aromatic rings. The van der Waals surface area contributed by atoms with Gasteiger partial charge in [-0.3, -0.25) is 0 Å². The summed E-state index contributed by atoms with van der Waals surface area (Å²) in [6, 6.07) is 12.6. The summed E-state index contributed by atoms with van der Waals surface area (Å²) in [6.45, 7) is 2.69. The Morgan fingerprint density at radius 3 is 2.70 bits per heavy atom. The molecule has 5 heteroatoms. The van der Waals surface area contributed by atoms with Crippen LogP contribution in [0.3, 0.4) is 0 Å². The van der Waals surface area contributed by atoms with Gasteiger partial charge in [0.2, 0.25) is 5.75 Å². The van der Waals surface area contributed by atoms with Gasteiger partial charge in [0.05, 0.1) is 24.0 Å². The Balaban J connectivity index is 1.59. The predicted octanol–water partition coefficient (Wildman–Crippen LogP) is 3.05. The summed E-state index contributed by atoms with van der Waals surface area (Å²) in [7, 11) is 0. The molecule has 3 aliphatic rings. The highest BCUT2D eigenvalue weighted by Crippen LogP contribution is 2.49. The van der Waals surface area contributed by atoms with Gasteiger partial charge in [-0.05, 0) is 24.3 Å². The van der Waals surface area contributed by atoms with Gasteiger partial charge in [0.25, 0.3) is 0 Å². The first-order chi connectivity index (χ1) is 11.4. The highest BCUT2D eigenvalue weighted by atomic mass is 16.6.